The molecule has 0 aromatic carbocycles. The third-order valence-corrected chi connectivity index (χ3v) is 4.93. The number of thiophene rings is 1. The summed E-state index contributed by atoms with van der Waals surface area (Å²) in [5, 5.41) is 2.25. The summed E-state index contributed by atoms with van der Waals surface area (Å²) >= 11 is 1.91. The van der Waals surface area contributed by atoms with Crippen LogP contribution in [-0.2, 0) is 9.47 Å². The lowest BCUT2D eigenvalue weighted by molar-refractivity contribution is -0.178. The smallest absolute Gasteiger partial charge is 0.168 e. The first-order valence-corrected chi connectivity index (χ1v) is 6.98. The van der Waals surface area contributed by atoms with Gasteiger partial charge in [0.15, 0.2) is 5.79 Å². The van der Waals surface area contributed by atoms with E-state index in [0.717, 1.165) is 32.0 Å². The molecule has 0 atom stereocenters. The van der Waals surface area contributed by atoms with Gasteiger partial charge in [0, 0.05) is 17.7 Å². The standard InChI is InChI=1S/C13H18O2S/c1-10-8-12(16-9-10)11-2-4-13(5-3-11)14-6-7-15-13/h8-9,11H,2-7H2,1H3. The van der Waals surface area contributed by atoms with Gasteiger partial charge in [0.2, 0.25) is 0 Å². The zero-order chi connectivity index (χ0) is 11.0. The van der Waals surface area contributed by atoms with Crippen LogP contribution in [0.25, 0.3) is 0 Å². The van der Waals surface area contributed by atoms with Crippen molar-refractivity contribution in [2.24, 2.45) is 0 Å². The van der Waals surface area contributed by atoms with Crippen molar-refractivity contribution in [3.63, 3.8) is 0 Å². The van der Waals surface area contributed by atoms with Gasteiger partial charge in [0.05, 0.1) is 13.2 Å². The van der Waals surface area contributed by atoms with Crippen molar-refractivity contribution in [3.8, 4) is 0 Å². The molecule has 1 aromatic heterocycles. The third-order valence-electron chi connectivity index (χ3n) is 3.71. The maximum absolute atomic E-state index is 5.75. The summed E-state index contributed by atoms with van der Waals surface area (Å²) < 4.78 is 11.5. The first-order chi connectivity index (χ1) is 7.77. The summed E-state index contributed by atoms with van der Waals surface area (Å²) in [7, 11) is 0. The van der Waals surface area contributed by atoms with E-state index in [2.05, 4.69) is 18.4 Å². The molecule has 2 nitrogen and oxygen atoms in total. The average molecular weight is 238 g/mol. The minimum atomic E-state index is -0.206. The van der Waals surface area contributed by atoms with Gasteiger partial charge in [-0.3, -0.25) is 0 Å². The predicted octanol–water partition coefficient (Wildman–Crippen LogP) is 3.46. The van der Waals surface area contributed by atoms with Crippen LogP contribution in [0, 0.1) is 6.92 Å². The first kappa shape index (κ1) is 10.8. The normalized spacial score (nSPS) is 25.3. The zero-order valence-corrected chi connectivity index (χ0v) is 10.5. The van der Waals surface area contributed by atoms with E-state index in [1.54, 1.807) is 4.88 Å². The fraction of sp³-hybridized carbons (Fsp3) is 0.692. The highest BCUT2D eigenvalue weighted by molar-refractivity contribution is 7.10. The Balaban J connectivity index is 1.66. The SMILES string of the molecule is Cc1csc(C2CCC3(CC2)OCCO3)c1. The molecular weight excluding hydrogens is 220 g/mol. The van der Waals surface area contributed by atoms with E-state index in [9.17, 15) is 0 Å². The molecule has 88 valence electrons. The lowest BCUT2D eigenvalue weighted by Gasteiger charge is -2.35. The van der Waals surface area contributed by atoms with Gasteiger partial charge in [-0.05, 0) is 42.7 Å². The minimum absolute atomic E-state index is 0.206. The molecule has 1 aliphatic carbocycles. The summed E-state index contributed by atoms with van der Waals surface area (Å²) in [6.45, 7) is 3.74. The Kier molecular flexibility index (Phi) is 2.78. The van der Waals surface area contributed by atoms with Crippen molar-refractivity contribution < 1.29 is 9.47 Å². The zero-order valence-electron chi connectivity index (χ0n) is 9.70. The Hall–Kier alpha value is -0.380. The lowest BCUT2D eigenvalue weighted by Crippen LogP contribution is -2.34. The molecule has 2 aliphatic rings. The first-order valence-electron chi connectivity index (χ1n) is 6.10. The van der Waals surface area contributed by atoms with E-state index in [1.807, 2.05) is 11.3 Å². The van der Waals surface area contributed by atoms with Crippen LogP contribution >= 0.6 is 11.3 Å². The van der Waals surface area contributed by atoms with Crippen molar-refractivity contribution >= 4 is 11.3 Å². The summed E-state index contributed by atoms with van der Waals surface area (Å²) in [4.78, 5) is 1.55. The number of rotatable bonds is 1. The second-order valence-corrected chi connectivity index (χ2v) is 5.85. The molecule has 1 aliphatic heterocycles. The Morgan fingerprint density at radius 3 is 2.50 bits per heavy atom. The highest BCUT2D eigenvalue weighted by atomic mass is 32.1. The van der Waals surface area contributed by atoms with Crippen LogP contribution in [0.1, 0.15) is 42.0 Å². The number of ether oxygens (including phenoxy) is 2. The summed E-state index contributed by atoms with van der Waals surface area (Å²) in [6, 6.07) is 2.34. The minimum Gasteiger partial charge on any atom is -0.348 e. The Morgan fingerprint density at radius 1 is 1.25 bits per heavy atom. The fourth-order valence-electron chi connectivity index (χ4n) is 2.80. The van der Waals surface area contributed by atoms with Gasteiger partial charge in [0.1, 0.15) is 0 Å². The highest BCUT2D eigenvalue weighted by Gasteiger charge is 2.40. The molecule has 1 saturated heterocycles. The largest absolute Gasteiger partial charge is 0.348 e. The Labute approximate surface area is 101 Å². The average Bonchev–Trinajstić information content (AvgIpc) is 2.90. The van der Waals surface area contributed by atoms with Crippen LogP contribution < -0.4 is 0 Å². The predicted molar refractivity (Wildman–Crippen MR) is 64.9 cm³/mol. The van der Waals surface area contributed by atoms with Crippen LogP contribution in [0.5, 0.6) is 0 Å². The van der Waals surface area contributed by atoms with Crippen LogP contribution in [0.15, 0.2) is 11.4 Å². The van der Waals surface area contributed by atoms with Crippen molar-refractivity contribution in [2.75, 3.05) is 13.2 Å². The highest BCUT2D eigenvalue weighted by Crippen LogP contribution is 2.43. The van der Waals surface area contributed by atoms with Gasteiger partial charge >= 0.3 is 0 Å². The van der Waals surface area contributed by atoms with Crippen LogP contribution in [0.4, 0.5) is 0 Å². The van der Waals surface area contributed by atoms with E-state index in [-0.39, 0.29) is 5.79 Å². The molecule has 0 amide bonds. The maximum Gasteiger partial charge on any atom is 0.168 e. The van der Waals surface area contributed by atoms with Crippen LogP contribution in [-0.4, -0.2) is 19.0 Å². The second-order valence-electron chi connectivity index (χ2n) is 4.91. The molecule has 16 heavy (non-hydrogen) atoms. The van der Waals surface area contributed by atoms with E-state index in [4.69, 9.17) is 9.47 Å². The van der Waals surface area contributed by atoms with Crippen LogP contribution in [0.2, 0.25) is 0 Å². The molecule has 3 heteroatoms. The van der Waals surface area contributed by atoms with Crippen molar-refractivity contribution in [1.82, 2.24) is 0 Å². The van der Waals surface area contributed by atoms with Crippen LogP contribution in [0.3, 0.4) is 0 Å². The topological polar surface area (TPSA) is 18.5 Å². The fourth-order valence-corrected chi connectivity index (χ4v) is 3.87. The molecule has 0 N–H and O–H groups in total. The molecule has 0 radical (unpaired) electrons. The molecule has 3 rings (SSSR count). The van der Waals surface area contributed by atoms with Gasteiger partial charge in [0.25, 0.3) is 0 Å². The van der Waals surface area contributed by atoms with Gasteiger partial charge in [-0.1, -0.05) is 0 Å². The quantitative estimate of drug-likeness (QED) is 0.746. The number of hydrogen-bond donors (Lipinski definition) is 0. The molecule has 2 fully saturated rings. The third kappa shape index (κ3) is 1.92. The molecule has 0 unspecified atom stereocenters. The molecular formula is C13H18O2S. The lowest BCUT2D eigenvalue weighted by atomic mass is 9.84. The Bertz CT molecular complexity index is 356. The van der Waals surface area contributed by atoms with E-state index >= 15 is 0 Å². The van der Waals surface area contributed by atoms with Gasteiger partial charge in [-0.25, -0.2) is 0 Å². The summed E-state index contributed by atoms with van der Waals surface area (Å²) in [6.07, 6.45) is 4.54. The Morgan fingerprint density at radius 2 is 1.94 bits per heavy atom. The van der Waals surface area contributed by atoms with Gasteiger partial charge < -0.3 is 9.47 Å². The van der Waals surface area contributed by atoms with Crippen molar-refractivity contribution in [2.45, 2.75) is 44.3 Å². The molecule has 1 aromatic rings. The van der Waals surface area contributed by atoms with Crippen molar-refractivity contribution in [1.29, 1.82) is 0 Å². The van der Waals surface area contributed by atoms with Crippen molar-refractivity contribution in [3.05, 3.63) is 21.9 Å². The monoisotopic (exact) mass is 238 g/mol. The molecule has 2 heterocycles. The molecule has 1 saturated carbocycles. The van der Waals surface area contributed by atoms with E-state index < -0.39 is 0 Å². The van der Waals surface area contributed by atoms with Gasteiger partial charge in [-0.15, -0.1) is 11.3 Å². The van der Waals surface area contributed by atoms with E-state index in [0.29, 0.717) is 0 Å². The maximum atomic E-state index is 5.75. The second kappa shape index (κ2) is 4.13. The summed E-state index contributed by atoms with van der Waals surface area (Å²) in [5.41, 5.74) is 1.40. The molecule has 1 spiro atoms. The number of hydrogen-bond acceptors (Lipinski definition) is 3. The molecule has 0 bridgehead atoms. The summed E-state index contributed by atoms with van der Waals surface area (Å²) in [5.74, 6) is 0.528. The number of aryl methyl sites for hydroxylation is 1. The van der Waals surface area contributed by atoms with Gasteiger partial charge in [-0.2, -0.15) is 0 Å². The van der Waals surface area contributed by atoms with E-state index in [1.165, 1.54) is 18.4 Å².